The van der Waals surface area contributed by atoms with Crippen LogP contribution in [-0.2, 0) is 6.54 Å². The van der Waals surface area contributed by atoms with Gasteiger partial charge in [0.1, 0.15) is 11.5 Å². The van der Waals surface area contributed by atoms with Crippen LogP contribution in [-0.4, -0.2) is 22.4 Å². The van der Waals surface area contributed by atoms with Gasteiger partial charge in [0.05, 0.1) is 12.0 Å². The summed E-state index contributed by atoms with van der Waals surface area (Å²) in [7, 11) is 1.78. The number of furan rings is 1. The van der Waals surface area contributed by atoms with Crippen LogP contribution in [0.3, 0.4) is 0 Å². The number of aryl methyl sites for hydroxylation is 1. The molecule has 0 fully saturated rings. The molecule has 2 aromatic rings. The monoisotopic (exact) mass is 275 g/mol. The fraction of sp³-hybridized carbons (Fsp3) is 0.400. The highest BCUT2D eigenvalue weighted by molar-refractivity contribution is 5.93. The van der Waals surface area contributed by atoms with E-state index in [9.17, 15) is 4.79 Å². The van der Waals surface area contributed by atoms with Gasteiger partial charge in [0, 0.05) is 31.4 Å². The zero-order chi connectivity index (χ0) is 14.9. The van der Waals surface area contributed by atoms with Gasteiger partial charge in [-0.25, -0.2) is 0 Å². The maximum atomic E-state index is 12.5. The van der Waals surface area contributed by atoms with Gasteiger partial charge in [0.25, 0.3) is 5.91 Å². The van der Waals surface area contributed by atoms with Crippen LogP contribution in [0.5, 0.6) is 0 Å². The van der Waals surface area contributed by atoms with Crippen molar-refractivity contribution in [3.8, 4) is 0 Å². The summed E-state index contributed by atoms with van der Waals surface area (Å²) in [5.41, 5.74) is 8.04. The third-order valence-corrected chi connectivity index (χ3v) is 3.37. The molecule has 0 unspecified atom stereocenters. The number of aromatic nitrogens is 1. The molecule has 0 radical (unpaired) electrons. The minimum atomic E-state index is -0.0454. The molecule has 1 amide bonds. The number of rotatable bonds is 4. The number of hydrogen-bond donors (Lipinski definition) is 1. The molecule has 0 spiro atoms. The van der Waals surface area contributed by atoms with E-state index in [-0.39, 0.29) is 11.9 Å². The SMILES string of the molecule is Cc1occc1CN(C)C(=O)c1cc(N)cn1C(C)C. The van der Waals surface area contributed by atoms with E-state index in [4.69, 9.17) is 10.2 Å². The lowest BCUT2D eigenvalue weighted by molar-refractivity contribution is 0.0772. The number of anilines is 1. The van der Waals surface area contributed by atoms with Gasteiger partial charge in [-0.2, -0.15) is 0 Å². The lowest BCUT2D eigenvalue weighted by Crippen LogP contribution is -2.28. The summed E-state index contributed by atoms with van der Waals surface area (Å²) in [5, 5.41) is 0. The van der Waals surface area contributed by atoms with E-state index in [1.165, 1.54) is 0 Å². The number of amides is 1. The maximum Gasteiger partial charge on any atom is 0.270 e. The van der Waals surface area contributed by atoms with E-state index < -0.39 is 0 Å². The summed E-state index contributed by atoms with van der Waals surface area (Å²) in [6, 6.07) is 3.80. The molecule has 0 atom stereocenters. The molecular formula is C15H21N3O2. The van der Waals surface area contributed by atoms with Crippen LogP contribution < -0.4 is 5.73 Å². The predicted octanol–water partition coefficient (Wildman–Crippen LogP) is 2.82. The molecule has 2 N–H and O–H groups in total. The number of nitrogens with two attached hydrogens (primary N) is 1. The normalized spacial score (nSPS) is 11.1. The third kappa shape index (κ3) is 2.71. The van der Waals surface area contributed by atoms with Crippen LogP contribution in [0.1, 0.15) is 41.7 Å². The van der Waals surface area contributed by atoms with Gasteiger partial charge < -0.3 is 19.6 Å². The Bertz CT molecular complexity index is 610. The lowest BCUT2D eigenvalue weighted by atomic mass is 10.2. The van der Waals surface area contributed by atoms with E-state index in [0.717, 1.165) is 11.3 Å². The summed E-state index contributed by atoms with van der Waals surface area (Å²) < 4.78 is 7.15. The van der Waals surface area contributed by atoms with Gasteiger partial charge in [-0.05, 0) is 32.9 Å². The average molecular weight is 275 g/mol. The highest BCUT2D eigenvalue weighted by Gasteiger charge is 2.19. The second-order valence-electron chi connectivity index (χ2n) is 5.32. The second kappa shape index (κ2) is 5.45. The molecule has 0 saturated carbocycles. The summed E-state index contributed by atoms with van der Waals surface area (Å²) in [6.45, 7) is 6.46. The minimum absolute atomic E-state index is 0.0454. The minimum Gasteiger partial charge on any atom is -0.469 e. The fourth-order valence-corrected chi connectivity index (χ4v) is 2.20. The molecule has 0 aromatic carbocycles. The van der Waals surface area contributed by atoms with E-state index >= 15 is 0 Å². The van der Waals surface area contributed by atoms with Crippen LogP contribution in [0, 0.1) is 6.92 Å². The smallest absolute Gasteiger partial charge is 0.270 e. The first kappa shape index (κ1) is 14.2. The Hall–Kier alpha value is -2.17. The first-order valence-corrected chi connectivity index (χ1v) is 6.66. The van der Waals surface area contributed by atoms with E-state index in [2.05, 4.69) is 0 Å². The summed E-state index contributed by atoms with van der Waals surface area (Å²) in [6.07, 6.45) is 3.44. The molecule has 2 aromatic heterocycles. The molecular weight excluding hydrogens is 254 g/mol. The van der Waals surface area contributed by atoms with Crippen molar-refractivity contribution in [2.24, 2.45) is 0 Å². The molecule has 5 nitrogen and oxygen atoms in total. The van der Waals surface area contributed by atoms with Gasteiger partial charge in [0.15, 0.2) is 0 Å². The quantitative estimate of drug-likeness (QED) is 0.933. The van der Waals surface area contributed by atoms with Gasteiger partial charge in [-0.15, -0.1) is 0 Å². The van der Waals surface area contributed by atoms with E-state index in [1.807, 2.05) is 31.4 Å². The Morgan fingerprint density at radius 3 is 2.75 bits per heavy atom. The number of carbonyl (C=O) groups excluding carboxylic acids is 1. The van der Waals surface area contributed by atoms with Crippen molar-refractivity contribution >= 4 is 11.6 Å². The van der Waals surface area contributed by atoms with Crippen LogP contribution in [0.25, 0.3) is 0 Å². The van der Waals surface area contributed by atoms with Gasteiger partial charge in [-0.1, -0.05) is 0 Å². The highest BCUT2D eigenvalue weighted by Crippen LogP contribution is 2.19. The van der Waals surface area contributed by atoms with Crippen LogP contribution in [0.2, 0.25) is 0 Å². The zero-order valence-corrected chi connectivity index (χ0v) is 12.4. The lowest BCUT2D eigenvalue weighted by Gasteiger charge is -2.19. The van der Waals surface area contributed by atoms with Crippen LogP contribution in [0.4, 0.5) is 5.69 Å². The molecule has 0 aliphatic heterocycles. The number of nitrogen functional groups attached to an aromatic ring is 1. The van der Waals surface area contributed by atoms with Crippen molar-refractivity contribution in [3.05, 3.63) is 41.6 Å². The Morgan fingerprint density at radius 2 is 2.20 bits per heavy atom. The molecule has 108 valence electrons. The van der Waals surface area contributed by atoms with Crippen LogP contribution >= 0.6 is 0 Å². The molecule has 5 heteroatoms. The maximum absolute atomic E-state index is 12.5. The Kier molecular flexibility index (Phi) is 3.88. The van der Waals surface area contributed by atoms with E-state index in [1.54, 1.807) is 30.5 Å². The molecule has 2 heterocycles. The number of nitrogens with zero attached hydrogens (tertiary/aromatic N) is 2. The van der Waals surface area contributed by atoms with Crippen molar-refractivity contribution in [1.82, 2.24) is 9.47 Å². The molecule has 0 aliphatic carbocycles. The number of carbonyl (C=O) groups is 1. The van der Waals surface area contributed by atoms with Crippen molar-refractivity contribution in [1.29, 1.82) is 0 Å². The zero-order valence-electron chi connectivity index (χ0n) is 12.4. The topological polar surface area (TPSA) is 64.4 Å². The summed E-state index contributed by atoms with van der Waals surface area (Å²) >= 11 is 0. The second-order valence-corrected chi connectivity index (χ2v) is 5.32. The van der Waals surface area contributed by atoms with Crippen molar-refractivity contribution in [3.63, 3.8) is 0 Å². The fourth-order valence-electron chi connectivity index (χ4n) is 2.20. The van der Waals surface area contributed by atoms with Crippen molar-refractivity contribution in [2.75, 3.05) is 12.8 Å². The van der Waals surface area contributed by atoms with Gasteiger partial charge >= 0.3 is 0 Å². The Labute approximate surface area is 119 Å². The molecule has 0 bridgehead atoms. The van der Waals surface area contributed by atoms with E-state index in [0.29, 0.717) is 17.9 Å². The summed E-state index contributed by atoms with van der Waals surface area (Å²) in [4.78, 5) is 14.2. The molecule has 0 saturated heterocycles. The molecule has 2 rings (SSSR count). The van der Waals surface area contributed by atoms with Gasteiger partial charge in [-0.3, -0.25) is 4.79 Å². The van der Waals surface area contributed by atoms with Crippen molar-refractivity contribution < 1.29 is 9.21 Å². The molecule has 0 aliphatic rings. The number of hydrogen-bond acceptors (Lipinski definition) is 3. The van der Waals surface area contributed by atoms with Gasteiger partial charge in [0.2, 0.25) is 0 Å². The van der Waals surface area contributed by atoms with Crippen LogP contribution in [0.15, 0.2) is 29.0 Å². The largest absolute Gasteiger partial charge is 0.469 e. The Morgan fingerprint density at radius 1 is 1.50 bits per heavy atom. The third-order valence-electron chi connectivity index (χ3n) is 3.37. The first-order chi connectivity index (χ1) is 9.40. The Balaban J connectivity index is 2.21. The average Bonchev–Trinajstić information content (AvgIpc) is 2.95. The predicted molar refractivity (Wildman–Crippen MR) is 78.5 cm³/mol. The first-order valence-electron chi connectivity index (χ1n) is 6.66. The summed E-state index contributed by atoms with van der Waals surface area (Å²) in [5.74, 6) is 0.791. The highest BCUT2D eigenvalue weighted by atomic mass is 16.3. The van der Waals surface area contributed by atoms with Crippen molar-refractivity contribution in [2.45, 2.75) is 33.4 Å². The standard InChI is InChI=1S/C15H21N3O2/c1-10(2)18-9-13(16)7-14(18)15(19)17(4)8-12-5-6-20-11(12)3/h5-7,9-10H,8,16H2,1-4H3. The molecule has 20 heavy (non-hydrogen) atoms.